The third-order valence-corrected chi connectivity index (χ3v) is 4.16. The van der Waals surface area contributed by atoms with Gasteiger partial charge in [-0.05, 0) is 30.8 Å². The Morgan fingerprint density at radius 1 is 1.69 bits per heavy atom. The molecule has 1 saturated heterocycles. The smallest absolute Gasteiger partial charge is 0.0698 e. The number of ether oxygens (including phenoxy) is 1. The van der Waals surface area contributed by atoms with Crippen molar-refractivity contribution in [2.24, 2.45) is 5.73 Å². The lowest BCUT2D eigenvalue weighted by Gasteiger charge is -2.33. The molecule has 0 radical (unpaired) electrons. The summed E-state index contributed by atoms with van der Waals surface area (Å²) in [6, 6.07) is 4.33. The van der Waals surface area contributed by atoms with Crippen LogP contribution < -0.4 is 5.73 Å². The van der Waals surface area contributed by atoms with Crippen LogP contribution in [0.2, 0.25) is 0 Å². The highest BCUT2D eigenvalue weighted by Crippen LogP contribution is 2.20. The predicted molar refractivity (Wildman–Crippen MR) is 67.7 cm³/mol. The summed E-state index contributed by atoms with van der Waals surface area (Å²) < 4.78 is 5.41. The van der Waals surface area contributed by atoms with Crippen LogP contribution in [0.3, 0.4) is 0 Å². The molecule has 2 unspecified atom stereocenters. The molecule has 16 heavy (non-hydrogen) atoms. The fourth-order valence-electron chi connectivity index (χ4n) is 2.24. The summed E-state index contributed by atoms with van der Waals surface area (Å²) in [5.41, 5.74) is 6.19. The number of methoxy groups -OCH3 is 1. The first-order chi connectivity index (χ1) is 7.79. The molecule has 0 amide bonds. The minimum absolute atomic E-state index is 0.149. The number of hydrogen-bond donors (Lipinski definition) is 1. The van der Waals surface area contributed by atoms with E-state index in [9.17, 15) is 0 Å². The van der Waals surface area contributed by atoms with Gasteiger partial charge in [-0.25, -0.2) is 0 Å². The standard InChI is InChI=1S/C12H20N2OS/c1-15-10-4-2-6-14(8-10)9-11(13)12-5-3-7-16-12/h3,5,7,10-11H,2,4,6,8-9,13H2,1H3. The van der Waals surface area contributed by atoms with Crippen molar-refractivity contribution in [1.29, 1.82) is 0 Å². The van der Waals surface area contributed by atoms with Crippen LogP contribution in [-0.4, -0.2) is 37.7 Å². The molecule has 1 fully saturated rings. The summed E-state index contributed by atoms with van der Waals surface area (Å²) in [6.07, 6.45) is 2.79. The van der Waals surface area contributed by atoms with Gasteiger partial charge in [0.1, 0.15) is 0 Å². The zero-order valence-electron chi connectivity index (χ0n) is 9.76. The quantitative estimate of drug-likeness (QED) is 0.873. The van der Waals surface area contributed by atoms with Gasteiger partial charge in [0.15, 0.2) is 0 Å². The molecule has 0 spiro atoms. The lowest BCUT2D eigenvalue weighted by Crippen LogP contribution is -2.42. The minimum atomic E-state index is 0.149. The van der Waals surface area contributed by atoms with E-state index in [1.54, 1.807) is 18.4 Å². The van der Waals surface area contributed by atoms with Gasteiger partial charge in [0, 0.05) is 25.1 Å². The number of likely N-dealkylation sites (tertiary alicyclic amines) is 1. The molecule has 2 N–H and O–H groups in total. The van der Waals surface area contributed by atoms with Gasteiger partial charge in [0.05, 0.1) is 12.1 Å². The molecule has 1 aliphatic rings. The van der Waals surface area contributed by atoms with E-state index in [0.717, 1.165) is 19.6 Å². The van der Waals surface area contributed by atoms with Crippen molar-refractivity contribution >= 4 is 11.3 Å². The Balaban J connectivity index is 1.84. The summed E-state index contributed by atoms with van der Waals surface area (Å²) in [6.45, 7) is 3.12. The van der Waals surface area contributed by atoms with Crippen molar-refractivity contribution in [2.45, 2.75) is 25.0 Å². The Kier molecular flexibility index (Phi) is 4.35. The highest BCUT2D eigenvalue weighted by atomic mass is 32.1. The average Bonchev–Trinajstić information content (AvgIpc) is 2.83. The number of nitrogens with zero attached hydrogens (tertiary/aromatic N) is 1. The largest absolute Gasteiger partial charge is 0.380 e. The summed E-state index contributed by atoms with van der Waals surface area (Å²) in [5.74, 6) is 0. The second kappa shape index (κ2) is 5.77. The molecule has 1 aliphatic heterocycles. The van der Waals surface area contributed by atoms with Crippen molar-refractivity contribution < 1.29 is 4.74 Å². The summed E-state index contributed by atoms with van der Waals surface area (Å²) >= 11 is 1.74. The van der Waals surface area contributed by atoms with Gasteiger partial charge in [0.25, 0.3) is 0 Å². The molecule has 0 aliphatic carbocycles. The molecule has 2 heterocycles. The van der Waals surface area contributed by atoms with Crippen LogP contribution in [0.25, 0.3) is 0 Å². The van der Waals surface area contributed by atoms with Crippen molar-refractivity contribution in [3.8, 4) is 0 Å². The van der Waals surface area contributed by atoms with Crippen LogP contribution >= 0.6 is 11.3 Å². The number of rotatable bonds is 4. The maximum atomic E-state index is 6.19. The highest BCUT2D eigenvalue weighted by Gasteiger charge is 2.21. The first-order valence-corrected chi connectivity index (χ1v) is 6.71. The molecule has 1 aromatic rings. The fraction of sp³-hybridized carbons (Fsp3) is 0.667. The van der Waals surface area contributed by atoms with Gasteiger partial charge in [-0.15, -0.1) is 11.3 Å². The van der Waals surface area contributed by atoms with Crippen molar-refractivity contribution in [3.63, 3.8) is 0 Å². The molecular weight excluding hydrogens is 220 g/mol. The lowest BCUT2D eigenvalue weighted by molar-refractivity contribution is 0.0295. The van der Waals surface area contributed by atoms with Crippen LogP contribution in [0.5, 0.6) is 0 Å². The third kappa shape index (κ3) is 3.04. The summed E-state index contributed by atoms with van der Waals surface area (Å²) in [7, 11) is 1.80. The summed E-state index contributed by atoms with van der Waals surface area (Å²) in [4.78, 5) is 3.70. The van der Waals surface area contributed by atoms with Gasteiger partial charge < -0.3 is 10.5 Å². The number of thiophene rings is 1. The van der Waals surface area contributed by atoms with E-state index >= 15 is 0 Å². The predicted octanol–water partition coefficient (Wildman–Crippen LogP) is 1.86. The minimum Gasteiger partial charge on any atom is -0.380 e. The zero-order chi connectivity index (χ0) is 11.4. The van der Waals surface area contributed by atoms with Crippen molar-refractivity contribution in [1.82, 2.24) is 4.90 Å². The van der Waals surface area contributed by atoms with Crippen LogP contribution in [0.4, 0.5) is 0 Å². The second-order valence-electron chi connectivity index (χ2n) is 4.38. The first kappa shape index (κ1) is 12.0. The molecule has 2 atom stereocenters. The maximum Gasteiger partial charge on any atom is 0.0698 e. The third-order valence-electron chi connectivity index (χ3n) is 3.16. The molecule has 90 valence electrons. The summed E-state index contributed by atoms with van der Waals surface area (Å²) in [5, 5.41) is 2.09. The van der Waals surface area contributed by atoms with E-state index in [0.29, 0.717) is 6.10 Å². The first-order valence-electron chi connectivity index (χ1n) is 5.83. The Labute approximate surface area is 101 Å². The monoisotopic (exact) mass is 240 g/mol. The van der Waals surface area contributed by atoms with Gasteiger partial charge in [-0.3, -0.25) is 4.90 Å². The molecule has 3 nitrogen and oxygen atoms in total. The highest BCUT2D eigenvalue weighted by molar-refractivity contribution is 7.10. The van der Waals surface area contributed by atoms with Crippen LogP contribution in [0, 0.1) is 0 Å². The van der Waals surface area contributed by atoms with Crippen molar-refractivity contribution in [3.05, 3.63) is 22.4 Å². The molecule has 0 saturated carbocycles. The van der Waals surface area contributed by atoms with E-state index in [2.05, 4.69) is 22.4 Å². The van der Waals surface area contributed by atoms with Gasteiger partial charge >= 0.3 is 0 Å². The molecule has 2 rings (SSSR count). The number of piperidine rings is 1. The Bertz CT molecular complexity index is 302. The molecule has 0 bridgehead atoms. The van der Waals surface area contributed by atoms with E-state index in [-0.39, 0.29) is 6.04 Å². The van der Waals surface area contributed by atoms with Crippen molar-refractivity contribution in [2.75, 3.05) is 26.7 Å². The van der Waals surface area contributed by atoms with Gasteiger partial charge in [0.2, 0.25) is 0 Å². The van der Waals surface area contributed by atoms with E-state index in [1.807, 2.05) is 0 Å². The van der Waals surface area contributed by atoms with Crippen LogP contribution in [0.1, 0.15) is 23.8 Å². The Morgan fingerprint density at radius 3 is 3.25 bits per heavy atom. The molecule has 1 aromatic heterocycles. The van der Waals surface area contributed by atoms with E-state index < -0.39 is 0 Å². The topological polar surface area (TPSA) is 38.5 Å². The zero-order valence-corrected chi connectivity index (χ0v) is 10.6. The Morgan fingerprint density at radius 2 is 2.56 bits per heavy atom. The SMILES string of the molecule is COC1CCCN(CC(N)c2cccs2)C1. The Hall–Kier alpha value is -0.420. The van der Waals surface area contributed by atoms with Crippen LogP contribution in [0.15, 0.2) is 17.5 Å². The molecular formula is C12H20N2OS. The van der Waals surface area contributed by atoms with Gasteiger partial charge in [-0.1, -0.05) is 6.07 Å². The second-order valence-corrected chi connectivity index (χ2v) is 5.36. The molecule has 0 aromatic carbocycles. The molecule has 4 heteroatoms. The maximum absolute atomic E-state index is 6.19. The number of hydrogen-bond acceptors (Lipinski definition) is 4. The number of nitrogens with two attached hydrogens (primary N) is 1. The lowest BCUT2D eigenvalue weighted by atomic mass is 10.1. The normalized spacial score (nSPS) is 24.5. The van der Waals surface area contributed by atoms with Crippen LogP contribution in [-0.2, 0) is 4.74 Å². The average molecular weight is 240 g/mol. The van der Waals surface area contributed by atoms with E-state index in [4.69, 9.17) is 10.5 Å². The fourth-order valence-corrected chi connectivity index (χ4v) is 2.96. The van der Waals surface area contributed by atoms with Gasteiger partial charge in [-0.2, -0.15) is 0 Å². The van der Waals surface area contributed by atoms with E-state index in [1.165, 1.54) is 17.7 Å².